The molecule has 0 atom stereocenters. The molecule has 1 N–H and O–H groups in total. The molecule has 0 aromatic heterocycles. The number of carbonyl (C=O) groups is 1. The lowest BCUT2D eigenvalue weighted by atomic mass is 10.3. The van der Waals surface area contributed by atoms with Crippen molar-refractivity contribution >= 4 is 38.9 Å². The van der Waals surface area contributed by atoms with E-state index in [1.807, 2.05) is 37.4 Å². The lowest BCUT2D eigenvalue weighted by Gasteiger charge is -2.22. The number of benzene rings is 2. The van der Waals surface area contributed by atoms with E-state index in [-0.39, 0.29) is 10.7 Å². The van der Waals surface area contributed by atoms with Gasteiger partial charge in [-0.15, -0.1) is 0 Å². The van der Waals surface area contributed by atoms with Gasteiger partial charge in [-0.1, -0.05) is 29.8 Å². The first-order valence-electron chi connectivity index (χ1n) is 8.64. The van der Waals surface area contributed by atoms with Crippen molar-refractivity contribution < 1.29 is 17.6 Å². The number of sulfonamides is 1. The van der Waals surface area contributed by atoms with Gasteiger partial charge in [-0.2, -0.15) is 0 Å². The third-order valence-electron chi connectivity index (χ3n) is 4.07. The maximum absolute atomic E-state index is 13.3. The Balaban J connectivity index is 1.89. The molecule has 9 heteroatoms. The zero-order chi connectivity index (χ0) is 20.7. The molecule has 2 aromatic rings. The minimum Gasteiger partial charge on any atom is -0.375 e. The quantitative estimate of drug-likeness (QED) is 0.625. The fourth-order valence-electron chi connectivity index (χ4n) is 2.58. The second-order valence-corrected chi connectivity index (χ2v) is 8.64. The second-order valence-electron chi connectivity index (χ2n) is 6.33. The molecule has 0 spiro atoms. The molecule has 0 heterocycles. The first-order valence-corrected chi connectivity index (χ1v) is 10.9. The molecule has 1 amide bonds. The first-order chi connectivity index (χ1) is 13.2. The Kier molecular flexibility index (Phi) is 7.65. The van der Waals surface area contributed by atoms with Crippen LogP contribution in [-0.2, 0) is 14.8 Å². The predicted octanol–water partition coefficient (Wildman–Crippen LogP) is 2.89. The molecule has 0 saturated carbocycles. The third-order valence-corrected chi connectivity index (χ3v) is 5.50. The van der Waals surface area contributed by atoms with E-state index in [4.69, 9.17) is 11.6 Å². The van der Waals surface area contributed by atoms with E-state index < -0.39 is 28.3 Å². The highest BCUT2D eigenvalue weighted by molar-refractivity contribution is 7.92. The van der Waals surface area contributed by atoms with E-state index in [0.29, 0.717) is 13.0 Å². The molecule has 2 rings (SSSR count). The van der Waals surface area contributed by atoms with Crippen molar-refractivity contribution in [3.8, 4) is 0 Å². The number of halogens is 2. The monoisotopic (exact) mass is 427 g/mol. The highest BCUT2D eigenvalue weighted by Crippen LogP contribution is 2.24. The number of carbonyl (C=O) groups excluding carboxylic acids is 1. The predicted molar refractivity (Wildman–Crippen MR) is 111 cm³/mol. The van der Waals surface area contributed by atoms with Crippen molar-refractivity contribution in [1.29, 1.82) is 0 Å². The number of rotatable bonds is 9. The summed E-state index contributed by atoms with van der Waals surface area (Å²) in [5.41, 5.74) is 1.21. The largest absolute Gasteiger partial charge is 0.375 e. The molecule has 0 aliphatic heterocycles. The summed E-state index contributed by atoms with van der Waals surface area (Å²) in [6.07, 6.45) is 1.67. The number of hydrogen-bond acceptors (Lipinski definition) is 4. The number of nitrogens with zero attached hydrogens (tertiary/aromatic N) is 2. The minimum atomic E-state index is -3.74. The van der Waals surface area contributed by atoms with E-state index in [2.05, 4.69) is 10.2 Å². The van der Waals surface area contributed by atoms with Crippen LogP contribution in [0, 0.1) is 5.82 Å². The standard InChI is InChI=1S/C19H23ClFN3O3S/c1-23(15-7-4-3-5-8-15)12-6-11-22-19(25)14-24(28(2,26)27)16-9-10-18(21)17(20)13-16/h3-5,7-10,13H,6,11-12,14H2,1-2H3,(H,22,25). The topological polar surface area (TPSA) is 69.7 Å². The summed E-state index contributed by atoms with van der Waals surface area (Å²) in [5, 5.41) is 2.50. The van der Waals surface area contributed by atoms with Gasteiger partial charge in [0, 0.05) is 25.8 Å². The number of amides is 1. The van der Waals surface area contributed by atoms with Crippen LogP contribution in [0.4, 0.5) is 15.8 Å². The summed E-state index contributed by atoms with van der Waals surface area (Å²) in [6, 6.07) is 13.4. The smallest absolute Gasteiger partial charge is 0.240 e. The number of hydrogen-bond donors (Lipinski definition) is 1. The molecule has 0 fully saturated rings. The Morgan fingerprint density at radius 2 is 1.82 bits per heavy atom. The van der Waals surface area contributed by atoms with Crippen LogP contribution in [0.2, 0.25) is 5.02 Å². The highest BCUT2D eigenvalue weighted by Gasteiger charge is 2.21. The average Bonchev–Trinajstić information content (AvgIpc) is 2.65. The highest BCUT2D eigenvalue weighted by atomic mass is 35.5. The van der Waals surface area contributed by atoms with E-state index in [1.165, 1.54) is 12.1 Å². The van der Waals surface area contributed by atoms with Gasteiger partial charge in [0.1, 0.15) is 12.4 Å². The van der Waals surface area contributed by atoms with Gasteiger partial charge in [-0.05, 0) is 36.8 Å². The Morgan fingerprint density at radius 1 is 1.14 bits per heavy atom. The molecule has 28 heavy (non-hydrogen) atoms. The lowest BCUT2D eigenvalue weighted by Crippen LogP contribution is -2.41. The fraction of sp³-hybridized carbons (Fsp3) is 0.316. The lowest BCUT2D eigenvalue weighted by molar-refractivity contribution is -0.119. The van der Waals surface area contributed by atoms with E-state index in [9.17, 15) is 17.6 Å². The van der Waals surface area contributed by atoms with Crippen LogP contribution in [0.3, 0.4) is 0 Å². The van der Waals surface area contributed by atoms with Crippen LogP contribution < -0.4 is 14.5 Å². The molecule has 0 saturated heterocycles. The Hall–Kier alpha value is -2.32. The van der Waals surface area contributed by atoms with Crippen LogP contribution in [0.15, 0.2) is 48.5 Å². The van der Waals surface area contributed by atoms with E-state index in [1.54, 1.807) is 0 Å². The van der Waals surface area contributed by atoms with Gasteiger partial charge in [0.25, 0.3) is 0 Å². The second kappa shape index (κ2) is 9.75. The molecule has 0 radical (unpaired) electrons. The van der Waals surface area contributed by atoms with Gasteiger partial charge in [0.05, 0.1) is 17.0 Å². The summed E-state index contributed by atoms with van der Waals surface area (Å²) in [4.78, 5) is 14.3. The molecule has 152 valence electrons. The van der Waals surface area contributed by atoms with Crippen molar-refractivity contribution in [2.24, 2.45) is 0 Å². The maximum Gasteiger partial charge on any atom is 0.240 e. The van der Waals surface area contributed by atoms with Crippen molar-refractivity contribution in [2.75, 3.05) is 42.1 Å². The van der Waals surface area contributed by atoms with E-state index >= 15 is 0 Å². The molecule has 0 aliphatic rings. The first kappa shape index (κ1) is 22.0. The summed E-state index contributed by atoms with van der Waals surface area (Å²) < 4.78 is 38.3. The van der Waals surface area contributed by atoms with E-state index in [0.717, 1.165) is 28.9 Å². The minimum absolute atomic E-state index is 0.132. The Morgan fingerprint density at radius 3 is 2.43 bits per heavy atom. The van der Waals surface area contributed by atoms with Crippen molar-refractivity contribution in [3.63, 3.8) is 0 Å². The summed E-state index contributed by atoms with van der Waals surface area (Å²) >= 11 is 5.73. The Labute approximate surface area is 170 Å². The molecular weight excluding hydrogens is 405 g/mol. The fourth-order valence-corrected chi connectivity index (χ4v) is 3.61. The van der Waals surface area contributed by atoms with Crippen molar-refractivity contribution in [3.05, 3.63) is 59.4 Å². The summed E-state index contributed by atoms with van der Waals surface area (Å²) in [5.74, 6) is -1.11. The van der Waals surface area contributed by atoms with Crippen LogP contribution >= 0.6 is 11.6 Å². The van der Waals surface area contributed by atoms with Gasteiger partial charge in [-0.25, -0.2) is 12.8 Å². The maximum atomic E-state index is 13.3. The van der Waals surface area contributed by atoms with Crippen molar-refractivity contribution in [1.82, 2.24) is 5.32 Å². The zero-order valence-corrected chi connectivity index (χ0v) is 17.3. The van der Waals surface area contributed by atoms with Gasteiger partial charge in [-0.3, -0.25) is 9.10 Å². The van der Waals surface area contributed by atoms with Gasteiger partial charge < -0.3 is 10.2 Å². The van der Waals surface area contributed by atoms with Crippen LogP contribution in [0.25, 0.3) is 0 Å². The normalized spacial score (nSPS) is 11.1. The van der Waals surface area contributed by atoms with Crippen LogP contribution in [-0.4, -0.2) is 47.3 Å². The van der Waals surface area contributed by atoms with Crippen LogP contribution in [0.1, 0.15) is 6.42 Å². The number of para-hydroxylation sites is 1. The molecule has 0 bridgehead atoms. The molecular formula is C19H23ClFN3O3S. The Bertz CT molecular complexity index is 910. The summed E-state index contributed by atoms with van der Waals surface area (Å²) in [7, 11) is -1.78. The average molecular weight is 428 g/mol. The molecule has 6 nitrogen and oxygen atoms in total. The number of nitrogens with one attached hydrogen (secondary N) is 1. The van der Waals surface area contributed by atoms with Gasteiger partial charge in [0.2, 0.25) is 15.9 Å². The molecule has 0 unspecified atom stereocenters. The van der Waals surface area contributed by atoms with Gasteiger partial charge >= 0.3 is 0 Å². The SMILES string of the molecule is CN(CCCNC(=O)CN(c1ccc(F)c(Cl)c1)S(C)(=O)=O)c1ccccc1. The summed E-state index contributed by atoms with van der Waals surface area (Å²) in [6.45, 7) is 0.723. The zero-order valence-electron chi connectivity index (χ0n) is 15.7. The molecule has 0 aliphatic carbocycles. The third kappa shape index (κ3) is 6.38. The molecule has 2 aromatic carbocycles. The van der Waals surface area contributed by atoms with Gasteiger partial charge in [0.15, 0.2) is 0 Å². The van der Waals surface area contributed by atoms with Crippen LogP contribution in [0.5, 0.6) is 0 Å². The number of anilines is 2. The van der Waals surface area contributed by atoms with Crippen molar-refractivity contribution in [2.45, 2.75) is 6.42 Å².